The highest BCUT2D eigenvalue weighted by molar-refractivity contribution is 9.10. The van der Waals surface area contributed by atoms with E-state index in [0.717, 1.165) is 32.2 Å². The standard InChI is InChI=1S/C18H15BrN2O/c1-12(20-21-17-9-5-4-8-16(17)19)14-11-10-13-6-2-3-7-15(13)18(14)22/h2-11,21-22H,1H3. The Bertz CT molecular complexity index is 859. The van der Waals surface area contributed by atoms with Gasteiger partial charge < -0.3 is 5.11 Å². The van der Waals surface area contributed by atoms with Gasteiger partial charge >= 0.3 is 0 Å². The van der Waals surface area contributed by atoms with E-state index in [-0.39, 0.29) is 5.75 Å². The van der Waals surface area contributed by atoms with Crippen molar-refractivity contribution >= 4 is 38.1 Å². The van der Waals surface area contributed by atoms with Crippen LogP contribution in [0.15, 0.2) is 70.2 Å². The van der Waals surface area contributed by atoms with Gasteiger partial charge in [-0.15, -0.1) is 0 Å². The van der Waals surface area contributed by atoms with E-state index in [2.05, 4.69) is 26.5 Å². The molecule has 0 amide bonds. The number of hydrazone groups is 1. The van der Waals surface area contributed by atoms with Crippen LogP contribution in [0.1, 0.15) is 12.5 Å². The molecule has 2 N–H and O–H groups in total. The topological polar surface area (TPSA) is 44.6 Å². The van der Waals surface area contributed by atoms with Crippen molar-refractivity contribution in [3.8, 4) is 5.75 Å². The number of halogens is 1. The summed E-state index contributed by atoms with van der Waals surface area (Å²) in [7, 11) is 0. The van der Waals surface area contributed by atoms with Gasteiger partial charge in [0.25, 0.3) is 0 Å². The van der Waals surface area contributed by atoms with Crippen LogP contribution in [0.3, 0.4) is 0 Å². The fourth-order valence-corrected chi connectivity index (χ4v) is 2.68. The van der Waals surface area contributed by atoms with E-state index in [0.29, 0.717) is 0 Å². The summed E-state index contributed by atoms with van der Waals surface area (Å²) < 4.78 is 0.939. The van der Waals surface area contributed by atoms with E-state index >= 15 is 0 Å². The molecule has 3 nitrogen and oxygen atoms in total. The van der Waals surface area contributed by atoms with Crippen molar-refractivity contribution in [3.05, 3.63) is 70.7 Å². The second-order valence-corrected chi connectivity index (χ2v) is 5.83. The molecular formula is C18H15BrN2O. The van der Waals surface area contributed by atoms with E-state index < -0.39 is 0 Å². The Morgan fingerprint density at radius 1 is 1.00 bits per heavy atom. The van der Waals surface area contributed by atoms with Gasteiger partial charge in [-0.1, -0.05) is 42.5 Å². The second-order valence-electron chi connectivity index (χ2n) is 4.97. The Morgan fingerprint density at radius 3 is 2.55 bits per heavy atom. The Kier molecular flexibility index (Phi) is 4.11. The van der Waals surface area contributed by atoms with E-state index in [1.54, 1.807) is 0 Å². The number of hydrogen-bond donors (Lipinski definition) is 2. The Morgan fingerprint density at radius 2 is 1.73 bits per heavy atom. The lowest BCUT2D eigenvalue weighted by molar-refractivity contribution is 0.480. The highest BCUT2D eigenvalue weighted by Gasteiger charge is 2.08. The molecule has 3 rings (SSSR count). The fourth-order valence-electron chi connectivity index (χ4n) is 2.30. The molecule has 0 saturated carbocycles. The third-order valence-electron chi connectivity index (χ3n) is 3.51. The van der Waals surface area contributed by atoms with Crippen molar-refractivity contribution in [2.24, 2.45) is 5.10 Å². The van der Waals surface area contributed by atoms with Crippen molar-refractivity contribution in [1.82, 2.24) is 0 Å². The maximum absolute atomic E-state index is 10.5. The molecule has 0 unspecified atom stereocenters. The number of nitrogens with one attached hydrogen (secondary N) is 1. The third-order valence-corrected chi connectivity index (χ3v) is 4.20. The molecule has 0 spiro atoms. The van der Waals surface area contributed by atoms with Crippen molar-refractivity contribution < 1.29 is 5.11 Å². The van der Waals surface area contributed by atoms with Crippen LogP contribution in [0, 0.1) is 0 Å². The summed E-state index contributed by atoms with van der Waals surface area (Å²) in [5.41, 5.74) is 5.34. The summed E-state index contributed by atoms with van der Waals surface area (Å²) >= 11 is 3.47. The molecule has 0 aliphatic rings. The lowest BCUT2D eigenvalue weighted by atomic mass is 10.0. The number of rotatable bonds is 3. The number of phenolic OH excluding ortho intramolecular Hbond substituents is 1. The SMILES string of the molecule is CC(=NNc1ccccc1Br)c1ccc2ccccc2c1O. The minimum Gasteiger partial charge on any atom is -0.507 e. The molecule has 0 heterocycles. The van der Waals surface area contributed by atoms with Gasteiger partial charge in [-0.25, -0.2) is 0 Å². The molecule has 0 fully saturated rings. The van der Waals surface area contributed by atoms with Crippen LogP contribution >= 0.6 is 15.9 Å². The maximum Gasteiger partial charge on any atom is 0.132 e. The van der Waals surface area contributed by atoms with Gasteiger partial charge in [0.15, 0.2) is 0 Å². The normalized spacial score (nSPS) is 11.6. The number of para-hydroxylation sites is 1. The van der Waals surface area contributed by atoms with Crippen molar-refractivity contribution in [2.45, 2.75) is 6.92 Å². The zero-order valence-electron chi connectivity index (χ0n) is 12.0. The van der Waals surface area contributed by atoms with Gasteiger partial charge in [0.1, 0.15) is 5.75 Å². The number of aromatic hydroxyl groups is 1. The van der Waals surface area contributed by atoms with Gasteiger partial charge in [0.05, 0.1) is 11.4 Å². The van der Waals surface area contributed by atoms with Crippen LogP contribution in [0.5, 0.6) is 5.75 Å². The van der Waals surface area contributed by atoms with E-state index in [1.807, 2.05) is 67.6 Å². The largest absolute Gasteiger partial charge is 0.507 e. The van der Waals surface area contributed by atoms with Crippen molar-refractivity contribution in [3.63, 3.8) is 0 Å². The molecule has 110 valence electrons. The predicted octanol–water partition coefficient (Wildman–Crippen LogP) is 5.14. The molecule has 0 aliphatic heterocycles. The van der Waals surface area contributed by atoms with Gasteiger partial charge in [-0.05, 0) is 46.4 Å². The Labute approximate surface area is 137 Å². The third kappa shape index (κ3) is 2.83. The first kappa shape index (κ1) is 14.6. The smallest absolute Gasteiger partial charge is 0.132 e. The first-order valence-corrected chi connectivity index (χ1v) is 7.72. The Balaban J connectivity index is 1.95. The van der Waals surface area contributed by atoms with Crippen LogP contribution < -0.4 is 5.43 Å². The van der Waals surface area contributed by atoms with E-state index in [4.69, 9.17) is 0 Å². The molecule has 0 saturated heterocycles. The van der Waals surface area contributed by atoms with Crippen molar-refractivity contribution in [2.75, 3.05) is 5.43 Å². The maximum atomic E-state index is 10.5. The number of fused-ring (bicyclic) bond motifs is 1. The van der Waals surface area contributed by atoms with Gasteiger partial charge in [-0.2, -0.15) is 5.10 Å². The fraction of sp³-hybridized carbons (Fsp3) is 0.0556. The zero-order chi connectivity index (χ0) is 15.5. The molecule has 0 aliphatic carbocycles. The average Bonchev–Trinajstić information content (AvgIpc) is 2.54. The molecule has 3 aromatic carbocycles. The first-order valence-electron chi connectivity index (χ1n) is 6.93. The Hall–Kier alpha value is -2.33. The highest BCUT2D eigenvalue weighted by atomic mass is 79.9. The van der Waals surface area contributed by atoms with Crippen LogP contribution in [-0.2, 0) is 0 Å². The quantitative estimate of drug-likeness (QED) is 0.504. The summed E-state index contributed by atoms with van der Waals surface area (Å²) in [4.78, 5) is 0. The number of anilines is 1. The zero-order valence-corrected chi connectivity index (χ0v) is 13.6. The summed E-state index contributed by atoms with van der Waals surface area (Å²) in [6, 6.07) is 19.4. The molecular weight excluding hydrogens is 340 g/mol. The van der Waals surface area contributed by atoms with E-state index in [1.165, 1.54) is 0 Å². The highest BCUT2D eigenvalue weighted by Crippen LogP contribution is 2.29. The molecule has 0 radical (unpaired) electrons. The van der Waals surface area contributed by atoms with Crippen LogP contribution in [0.25, 0.3) is 10.8 Å². The van der Waals surface area contributed by atoms with Crippen molar-refractivity contribution in [1.29, 1.82) is 0 Å². The minimum atomic E-state index is 0.258. The summed E-state index contributed by atoms with van der Waals surface area (Å²) in [5, 5.41) is 16.7. The number of hydrogen-bond acceptors (Lipinski definition) is 3. The average molecular weight is 355 g/mol. The molecule has 0 bridgehead atoms. The lowest BCUT2D eigenvalue weighted by Crippen LogP contribution is -2.00. The van der Waals surface area contributed by atoms with Gasteiger partial charge in [0.2, 0.25) is 0 Å². The molecule has 0 atom stereocenters. The molecule has 4 heteroatoms. The monoisotopic (exact) mass is 354 g/mol. The van der Waals surface area contributed by atoms with Gasteiger partial charge in [-0.3, -0.25) is 5.43 Å². The summed E-state index contributed by atoms with van der Waals surface area (Å²) in [5.74, 6) is 0.258. The first-order chi connectivity index (χ1) is 10.7. The number of phenols is 1. The van der Waals surface area contributed by atoms with Crippen LogP contribution in [0.4, 0.5) is 5.69 Å². The molecule has 22 heavy (non-hydrogen) atoms. The molecule has 3 aromatic rings. The predicted molar refractivity (Wildman–Crippen MR) is 95.6 cm³/mol. The van der Waals surface area contributed by atoms with Crippen LogP contribution in [0.2, 0.25) is 0 Å². The number of benzene rings is 3. The van der Waals surface area contributed by atoms with E-state index in [9.17, 15) is 5.11 Å². The second kappa shape index (κ2) is 6.20. The lowest BCUT2D eigenvalue weighted by Gasteiger charge is -2.09. The summed E-state index contributed by atoms with van der Waals surface area (Å²) in [6.45, 7) is 1.87. The van der Waals surface area contributed by atoms with Crippen LogP contribution in [-0.4, -0.2) is 10.8 Å². The number of nitrogens with zero attached hydrogens (tertiary/aromatic N) is 1. The van der Waals surface area contributed by atoms with Gasteiger partial charge in [0, 0.05) is 15.4 Å². The molecule has 0 aromatic heterocycles. The summed E-state index contributed by atoms with van der Waals surface area (Å²) in [6.07, 6.45) is 0. The minimum absolute atomic E-state index is 0.258.